The minimum Gasteiger partial charge on any atom is -0.339 e. The van der Waals surface area contributed by atoms with Gasteiger partial charge in [-0.1, -0.05) is 11.6 Å². The van der Waals surface area contributed by atoms with Crippen molar-refractivity contribution in [2.24, 2.45) is 7.05 Å². The Balaban J connectivity index is 1.51. The van der Waals surface area contributed by atoms with Crippen LogP contribution in [0, 0.1) is 5.82 Å². The number of nitrogens with zero attached hydrogens (tertiary/aromatic N) is 5. The van der Waals surface area contributed by atoms with Crippen LogP contribution in [0.4, 0.5) is 4.39 Å². The van der Waals surface area contributed by atoms with Gasteiger partial charge in [0.05, 0.1) is 11.3 Å². The normalized spacial score (nSPS) is 14.9. The second kappa shape index (κ2) is 6.92. The molecule has 1 amide bonds. The molecule has 6 nitrogen and oxygen atoms in total. The fourth-order valence-electron chi connectivity index (χ4n) is 4.13. The fraction of sp³-hybridized carbons (Fsp3) is 0.143. The van der Waals surface area contributed by atoms with Crippen LogP contribution in [0.2, 0.25) is 5.02 Å². The molecule has 4 aromatic rings. The summed E-state index contributed by atoms with van der Waals surface area (Å²) in [6, 6.07) is 8.51. The summed E-state index contributed by atoms with van der Waals surface area (Å²) in [6.07, 6.45) is 5.16. The van der Waals surface area contributed by atoms with E-state index in [1.165, 1.54) is 6.07 Å². The molecule has 0 spiro atoms. The Morgan fingerprint density at radius 3 is 2.74 bits per heavy atom. The number of carbonyl (C=O) groups excluding carboxylic acids is 1. The standard InChI is InChI=1S/C21H17B2ClFN5O/c1-29-9-13-5-12(8-27-19(13)28-29)11-6-16(24)15(17(25)7-11)10-30-20(31)14-3-2-4-26-18(14)21(30,22)23/h2-9H,10,22-23H2,1H3. The topological polar surface area (TPSA) is 63.9 Å². The molecule has 5 rings (SSSR count). The monoisotopic (exact) mass is 431 g/mol. The number of rotatable bonds is 3. The van der Waals surface area contributed by atoms with E-state index in [9.17, 15) is 4.79 Å². The zero-order chi connectivity index (χ0) is 21.9. The van der Waals surface area contributed by atoms with Gasteiger partial charge in [-0.15, -0.1) is 0 Å². The highest BCUT2D eigenvalue weighted by Crippen LogP contribution is 2.37. The molecular formula is C21H17B2ClFN5O. The average molecular weight is 431 g/mol. The number of benzene rings is 1. The van der Waals surface area contributed by atoms with Crippen LogP contribution in [0.1, 0.15) is 21.6 Å². The van der Waals surface area contributed by atoms with Crippen LogP contribution < -0.4 is 0 Å². The van der Waals surface area contributed by atoms with Crippen LogP contribution in [0.15, 0.2) is 48.9 Å². The van der Waals surface area contributed by atoms with Crippen molar-refractivity contribution in [3.05, 3.63) is 76.6 Å². The lowest BCUT2D eigenvalue weighted by atomic mass is 9.59. The summed E-state index contributed by atoms with van der Waals surface area (Å²) in [5, 5.41) is 4.70. The van der Waals surface area contributed by atoms with Crippen LogP contribution in [0.3, 0.4) is 0 Å². The third kappa shape index (κ3) is 3.11. The largest absolute Gasteiger partial charge is 0.339 e. The number of hydrogen-bond donors (Lipinski definition) is 0. The van der Waals surface area contributed by atoms with Gasteiger partial charge in [-0.05, 0) is 35.9 Å². The fourth-order valence-corrected chi connectivity index (χ4v) is 4.40. The molecule has 4 heterocycles. The predicted molar refractivity (Wildman–Crippen MR) is 122 cm³/mol. The van der Waals surface area contributed by atoms with Crippen molar-refractivity contribution in [3.8, 4) is 11.1 Å². The number of pyridine rings is 2. The number of aromatic nitrogens is 4. The zero-order valence-electron chi connectivity index (χ0n) is 17.2. The van der Waals surface area contributed by atoms with Gasteiger partial charge in [0, 0.05) is 59.1 Å². The molecule has 152 valence electrons. The Bertz CT molecular complexity index is 1350. The van der Waals surface area contributed by atoms with E-state index in [1.54, 1.807) is 40.2 Å². The van der Waals surface area contributed by atoms with Crippen molar-refractivity contribution in [1.82, 2.24) is 24.6 Å². The summed E-state index contributed by atoms with van der Waals surface area (Å²) in [7, 11) is 5.62. The molecule has 0 atom stereocenters. The highest BCUT2D eigenvalue weighted by Gasteiger charge is 2.44. The second-order valence-electron chi connectivity index (χ2n) is 8.21. The maximum absolute atomic E-state index is 15.2. The highest BCUT2D eigenvalue weighted by atomic mass is 35.5. The van der Waals surface area contributed by atoms with Crippen LogP contribution in [0.5, 0.6) is 0 Å². The molecule has 3 aromatic heterocycles. The van der Waals surface area contributed by atoms with Gasteiger partial charge in [0.1, 0.15) is 21.5 Å². The predicted octanol–water partition coefficient (Wildman–Crippen LogP) is 1.86. The second-order valence-corrected chi connectivity index (χ2v) is 8.62. The molecule has 0 fully saturated rings. The third-order valence-electron chi connectivity index (χ3n) is 5.80. The Morgan fingerprint density at radius 1 is 1.19 bits per heavy atom. The summed E-state index contributed by atoms with van der Waals surface area (Å²) in [6.45, 7) is 0.0486. The molecule has 0 N–H and O–H groups in total. The zero-order valence-corrected chi connectivity index (χ0v) is 18.0. The van der Waals surface area contributed by atoms with Gasteiger partial charge < -0.3 is 4.90 Å². The van der Waals surface area contributed by atoms with Gasteiger partial charge in [0.2, 0.25) is 0 Å². The van der Waals surface area contributed by atoms with Crippen molar-refractivity contribution in [3.63, 3.8) is 0 Å². The first-order valence-electron chi connectivity index (χ1n) is 9.81. The van der Waals surface area contributed by atoms with Crippen LogP contribution in [-0.4, -0.2) is 46.2 Å². The molecule has 0 bridgehead atoms. The van der Waals surface area contributed by atoms with Crippen molar-refractivity contribution in [1.29, 1.82) is 0 Å². The summed E-state index contributed by atoms with van der Waals surface area (Å²) in [4.78, 5) is 23.3. The number of aryl methyl sites for hydroxylation is 1. The molecule has 0 unspecified atom stereocenters. The summed E-state index contributed by atoms with van der Waals surface area (Å²) in [5.41, 5.74) is 3.47. The van der Waals surface area contributed by atoms with E-state index in [2.05, 4.69) is 15.1 Å². The first-order valence-corrected chi connectivity index (χ1v) is 10.2. The maximum atomic E-state index is 15.2. The van der Waals surface area contributed by atoms with E-state index in [1.807, 2.05) is 35.0 Å². The lowest BCUT2D eigenvalue weighted by Crippen LogP contribution is -2.44. The van der Waals surface area contributed by atoms with Gasteiger partial charge in [0.25, 0.3) is 5.91 Å². The van der Waals surface area contributed by atoms with E-state index in [0.29, 0.717) is 22.5 Å². The number of halogens is 2. The summed E-state index contributed by atoms with van der Waals surface area (Å²) >= 11 is 6.51. The number of amides is 1. The molecule has 10 heteroatoms. The quantitative estimate of drug-likeness (QED) is 0.465. The van der Waals surface area contributed by atoms with Crippen molar-refractivity contribution in [2.45, 2.75) is 11.9 Å². The molecule has 0 saturated carbocycles. The molecule has 31 heavy (non-hydrogen) atoms. The van der Waals surface area contributed by atoms with E-state index in [4.69, 9.17) is 11.6 Å². The smallest absolute Gasteiger partial charge is 0.255 e. The minimum absolute atomic E-state index is 0.0486. The van der Waals surface area contributed by atoms with E-state index in [0.717, 1.165) is 10.9 Å². The molecule has 0 saturated heterocycles. The Labute approximate surface area is 184 Å². The Hall–Kier alpha value is -3.19. The average Bonchev–Trinajstić information content (AvgIpc) is 3.19. The number of hydrogen-bond acceptors (Lipinski definition) is 4. The van der Waals surface area contributed by atoms with Gasteiger partial charge in [0.15, 0.2) is 5.65 Å². The first-order chi connectivity index (χ1) is 14.8. The minimum atomic E-state index is -0.669. The first kappa shape index (κ1) is 19.8. The van der Waals surface area contributed by atoms with Gasteiger partial charge in [-0.2, -0.15) is 5.10 Å². The highest BCUT2D eigenvalue weighted by molar-refractivity contribution is 6.42. The van der Waals surface area contributed by atoms with Crippen molar-refractivity contribution >= 4 is 44.2 Å². The van der Waals surface area contributed by atoms with Crippen molar-refractivity contribution < 1.29 is 9.18 Å². The van der Waals surface area contributed by atoms with Gasteiger partial charge >= 0.3 is 0 Å². The Kier molecular flexibility index (Phi) is 4.41. The summed E-state index contributed by atoms with van der Waals surface area (Å²) < 4.78 is 16.9. The maximum Gasteiger partial charge on any atom is 0.255 e. The number of fused-ring (bicyclic) bond motifs is 2. The van der Waals surface area contributed by atoms with Crippen LogP contribution in [0.25, 0.3) is 22.2 Å². The molecule has 0 radical (unpaired) electrons. The van der Waals surface area contributed by atoms with E-state index >= 15 is 4.39 Å². The van der Waals surface area contributed by atoms with E-state index < -0.39 is 11.2 Å². The molecular weight excluding hydrogens is 414 g/mol. The lowest BCUT2D eigenvalue weighted by Gasteiger charge is -2.32. The molecule has 1 aromatic carbocycles. The van der Waals surface area contributed by atoms with Crippen LogP contribution >= 0.6 is 11.6 Å². The van der Waals surface area contributed by atoms with Crippen LogP contribution in [-0.2, 0) is 18.9 Å². The molecule has 0 aliphatic carbocycles. The SMILES string of the molecule is BC1(B)c2ncccc2C(=O)N1Cc1c(F)cc(-c2cnc3nn(C)cc3c2)cc1Cl. The Morgan fingerprint density at radius 2 is 2.00 bits per heavy atom. The van der Waals surface area contributed by atoms with Gasteiger partial charge in [-0.3, -0.25) is 14.5 Å². The lowest BCUT2D eigenvalue weighted by molar-refractivity contribution is 0.0729. The van der Waals surface area contributed by atoms with E-state index in [-0.39, 0.29) is 23.0 Å². The summed E-state index contributed by atoms with van der Waals surface area (Å²) in [5.74, 6) is -0.653. The third-order valence-corrected chi connectivity index (χ3v) is 6.14. The molecule has 1 aliphatic rings. The number of carbonyl (C=O) groups is 1. The van der Waals surface area contributed by atoms with Gasteiger partial charge in [-0.25, -0.2) is 9.37 Å². The molecule has 1 aliphatic heterocycles. The van der Waals surface area contributed by atoms with Crippen molar-refractivity contribution in [2.75, 3.05) is 0 Å².